The standard InChI is InChI=1S/C13H13F3N4O2/c1-3-20(7-21)10-6-8(14)4-5-9(10)19(2)13-18-17-12(22-13)11(15)16/h4-7,11H,3H2,1-2H3. The normalized spacial score (nSPS) is 10.8. The molecule has 1 aromatic heterocycles. The predicted molar refractivity (Wildman–Crippen MR) is 72.8 cm³/mol. The van der Waals surface area contributed by atoms with E-state index in [2.05, 4.69) is 10.2 Å². The van der Waals surface area contributed by atoms with Gasteiger partial charge in [0.15, 0.2) is 0 Å². The third-order valence-electron chi connectivity index (χ3n) is 2.98. The zero-order chi connectivity index (χ0) is 16.3. The van der Waals surface area contributed by atoms with E-state index in [-0.39, 0.29) is 11.7 Å². The van der Waals surface area contributed by atoms with E-state index in [1.54, 1.807) is 6.92 Å². The Morgan fingerprint density at radius 2 is 2.05 bits per heavy atom. The summed E-state index contributed by atoms with van der Waals surface area (Å²) in [6, 6.07) is 3.54. The van der Waals surface area contributed by atoms with Crippen molar-refractivity contribution in [3.8, 4) is 0 Å². The molecular weight excluding hydrogens is 301 g/mol. The lowest BCUT2D eigenvalue weighted by atomic mass is 10.2. The van der Waals surface area contributed by atoms with E-state index in [0.29, 0.717) is 18.6 Å². The summed E-state index contributed by atoms with van der Waals surface area (Å²) >= 11 is 0. The van der Waals surface area contributed by atoms with Gasteiger partial charge in [0.25, 0.3) is 5.89 Å². The maximum atomic E-state index is 13.4. The maximum absolute atomic E-state index is 13.4. The molecule has 0 aliphatic carbocycles. The Morgan fingerprint density at radius 1 is 1.32 bits per heavy atom. The minimum absolute atomic E-state index is 0.190. The minimum Gasteiger partial charge on any atom is -0.401 e. The average molecular weight is 314 g/mol. The highest BCUT2D eigenvalue weighted by molar-refractivity contribution is 5.85. The molecule has 1 amide bonds. The zero-order valence-electron chi connectivity index (χ0n) is 11.8. The van der Waals surface area contributed by atoms with Crippen LogP contribution in [0.3, 0.4) is 0 Å². The number of halogens is 3. The molecule has 22 heavy (non-hydrogen) atoms. The van der Waals surface area contributed by atoms with Crippen LogP contribution in [-0.4, -0.2) is 30.2 Å². The summed E-state index contributed by atoms with van der Waals surface area (Å²) in [6.45, 7) is 2.02. The van der Waals surface area contributed by atoms with E-state index in [1.165, 1.54) is 29.0 Å². The summed E-state index contributed by atoms with van der Waals surface area (Å²) < 4.78 is 43.3. The van der Waals surface area contributed by atoms with Crippen molar-refractivity contribution in [3.05, 3.63) is 29.9 Å². The Hall–Kier alpha value is -2.58. The van der Waals surface area contributed by atoms with Gasteiger partial charge in [0.05, 0.1) is 11.4 Å². The van der Waals surface area contributed by atoms with E-state index < -0.39 is 18.1 Å². The summed E-state index contributed by atoms with van der Waals surface area (Å²) in [5, 5.41) is 6.75. The molecule has 0 unspecified atom stereocenters. The summed E-state index contributed by atoms with van der Waals surface area (Å²) in [4.78, 5) is 13.7. The number of rotatable bonds is 6. The lowest BCUT2D eigenvalue weighted by Crippen LogP contribution is -2.23. The Labute approximate surface area is 124 Å². The fraction of sp³-hybridized carbons (Fsp3) is 0.308. The number of alkyl halides is 2. The Morgan fingerprint density at radius 3 is 2.59 bits per heavy atom. The van der Waals surface area contributed by atoms with Crippen LogP contribution in [0.4, 0.5) is 30.6 Å². The largest absolute Gasteiger partial charge is 0.401 e. The van der Waals surface area contributed by atoms with Crippen molar-refractivity contribution in [2.45, 2.75) is 13.3 Å². The zero-order valence-corrected chi connectivity index (χ0v) is 11.8. The number of hydrogen-bond acceptors (Lipinski definition) is 5. The van der Waals surface area contributed by atoms with Crippen molar-refractivity contribution in [2.75, 3.05) is 23.4 Å². The van der Waals surface area contributed by atoms with Gasteiger partial charge >= 0.3 is 12.4 Å². The molecule has 0 atom stereocenters. The number of carbonyl (C=O) groups is 1. The van der Waals surface area contributed by atoms with Gasteiger partial charge in [-0.15, -0.1) is 5.10 Å². The smallest absolute Gasteiger partial charge is 0.322 e. The molecule has 0 fully saturated rings. The predicted octanol–water partition coefficient (Wildman–Crippen LogP) is 2.90. The fourth-order valence-corrected chi connectivity index (χ4v) is 1.87. The van der Waals surface area contributed by atoms with Gasteiger partial charge in [-0.1, -0.05) is 5.10 Å². The van der Waals surface area contributed by atoms with E-state index in [9.17, 15) is 18.0 Å². The fourth-order valence-electron chi connectivity index (χ4n) is 1.87. The molecule has 0 N–H and O–H groups in total. The average Bonchev–Trinajstić information content (AvgIpc) is 2.98. The quantitative estimate of drug-likeness (QED) is 0.767. The number of anilines is 3. The third kappa shape index (κ3) is 3.02. The molecule has 0 aliphatic heterocycles. The van der Waals surface area contributed by atoms with Gasteiger partial charge in [-0.25, -0.2) is 4.39 Å². The van der Waals surface area contributed by atoms with Gasteiger partial charge in [-0.05, 0) is 25.1 Å². The summed E-state index contributed by atoms with van der Waals surface area (Å²) in [6.07, 6.45) is -2.34. The Kier molecular flexibility index (Phi) is 4.64. The first kappa shape index (κ1) is 15.8. The lowest BCUT2D eigenvalue weighted by Gasteiger charge is -2.23. The van der Waals surface area contributed by atoms with Gasteiger partial charge in [0, 0.05) is 13.6 Å². The molecule has 0 saturated carbocycles. The van der Waals surface area contributed by atoms with Gasteiger partial charge in [0.1, 0.15) is 5.82 Å². The number of nitrogens with zero attached hydrogens (tertiary/aromatic N) is 4. The Bertz CT molecular complexity index is 662. The molecule has 0 aliphatic rings. The van der Waals surface area contributed by atoms with E-state index >= 15 is 0 Å². The van der Waals surface area contributed by atoms with Crippen molar-refractivity contribution >= 4 is 23.8 Å². The van der Waals surface area contributed by atoms with Gasteiger partial charge in [0.2, 0.25) is 6.41 Å². The molecule has 118 valence electrons. The molecule has 1 heterocycles. The summed E-state index contributed by atoms with van der Waals surface area (Å²) in [5.41, 5.74) is 0.622. The summed E-state index contributed by atoms with van der Waals surface area (Å²) in [7, 11) is 1.48. The number of amides is 1. The monoisotopic (exact) mass is 314 g/mol. The van der Waals surface area contributed by atoms with Crippen LogP contribution in [0.2, 0.25) is 0 Å². The van der Waals surface area contributed by atoms with Crippen molar-refractivity contribution in [3.63, 3.8) is 0 Å². The van der Waals surface area contributed by atoms with Crippen LogP contribution in [0.25, 0.3) is 0 Å². The summed E-state index contributed by atoms with van der Waals surface area (Å²) in [5.74, 6) is -1.35. The molecule has 0 radical (unpaired) electrons. The van der Waals surface area contributed by atoms with E-state index in [4.69, 9.17) is 4.42 Å². The highest BCUT2D eigenvalue weighted by Crippen LogP contribution is 2.33. The molecule has 2 rings (SSSR count). The molecule has 2 aromatic rings. The van der Waals surface area contributed by atoms with Crippen LogP contribution in [0, 0.1) is 5.82 Å². The molecule has 1 aromatic carbocycles. The first-order valence-electron chi connectivity index (χ1n) is 6.34. The van der Waals surface area contributed by atoms with Crippen LogP contribution in [0.15, 0.2) is 22.6 Å². The van der Waals surface area contributed by atoms with Crippen molar-refractivity contribution in [1.29, 1.82) is 0 Å². The minimum atomic E-state index is -2.88. The van der Waals surface area contributed by atoms with Crippen LogP contribution in [-0.2, 0) is 4.79 Å². The number of carbonyl (C=O) groups excluding carboxylic acids is 1. The number of benzene rings is 1. The van der Waals surface area contributed by atoms with E-state index in [0.717, 1.165) is 6.07 Å². The van der Waals surface area contributed by atoms with Crippen LogP contribution in [0.5, 0.6) is 0 Å². The highest BCUT2D eigenvalue weighted by atomic mass is 19.3. The molecule has 9 heteroatoms. The molecule has 6 nitrogen and oxygen atoms in total. The van der Waals surface area contributed by atoms with Crippen molar-refractivity contribution in [2.24, 2.45) is 0 Å². The second-order valence-electron chi connectivity index (χ2n) is 4.31. The van der Waals surface area contributed by atoms with Crippen LogP contribution < -0.4 is 9.80 Å². The topological polar surface area (TPSA) is 62.5 Å². The first-order chi connectivity index (χ1) is 10.5. The Balaban J connectivity index is 2.43. The number of hydrogen-bond donors (Lipinski definition) is 0. The van der Waals surface area contributed by atoms with Gasteiger partial charge < -0.3 is 9.32 Å². The highest BCUT2D eigenvalue weighted by Gasteiger charge is 2.21. The SMILES string of the molecule is CCN(C=O)c1cc(F)ccc1N(C)c1nnc(C(F)F)o1. The second-order valence-corrected chi connectivity index (χ2v) is 4.31. The maximum Gasteiger partial charge on any atom is 0.322 e. The number of aromatic nitrogens is 2. The van der Waals surface area contributed by atoms with Gasteiger partial charge in [-0.3, -0.25) is 9.69 Å². The molecule has 0 spiro atoms. The van der Waals surface area contributed by atoms with Gasteiger partial charge in [-0.2, -0.15) is 8.78 Å². The second kappa shape index (κ2) is 6.46. The first-order valence-corrected chi connectivity index (χ1v) is 6.34. The third-order valence-corrected chi connectivity index (χ3v) is 2.98. The molecular formula is C13H13F3N4O2. The van der Waals surface area contributed by atoms with Crippen LogP contribution in [0.1, 0.15) is 19.2 Å². The van der Waals surface area contributed by atoms with Crippen molar-refractivity contribution in [1.82, 2.24) is 10.2 Å². The molecule has 0 bridgehead atoms. The lowest BCUT2D eigenvalue weighted by molar-refractivity contribution is -0.107. The molecule has 0 saturated heterocycles. The van der Waals surface area contributed by atoms with E-state index in [1.807, 2.05) is 0 Å². The van der Waals surface area contributed by atoms with Crippen molar-refractivity contribution < 1.29 is 22.4 Å². The van der Waals surface area contributed by atoms with Crippen LogP contribution >= 0.6 is 0 Å².